The Balaban J connectivity index is 1.85. The second-order valence-corrected chi connectivity index (χ2v) is 7.57. The van der Waals surface area contributed by atoms with E-state index in [0.717, 1.165) is 23.5 Å². The Morgan fingerprint density at radius 2 is 2.00 bits per heavy atom. The fourth-order valence-electron chi connectivity index (χ4n) is 3.64. The van der Waals surface area contributed by atoms with Crippen molar-refractivity contribution in [3.05, 3.63) is 42.4 Å². The number of imidazole rings is 1. The molecular weight excluding hydrogens is 344 g/mol. The molecule has 1 saturated heterocycles. The number of hydrogen-bond acceptors (Lipinski definition) is 3. The van der Waals surface area contributed by atoms with Gasteiger partial charge in [0.25, 0.3) is 0 Å². The first-order valence-electron chi connectivity index (χ1n) is 9.27. The number of carbonyl (C=O) groups is 2. The Bertz CT molecular complexity index is 803. The minimum atomic E-state index is -1.18. The third-order valence-corrected chi connectivity index (χ3v) is 5.00. The number of carboxylic acid groups (broad SMARTS) is 1. The van der Waals surface area contributed by atoms with Gasteiger partial charge in [-0.2, -0.15) is 0 Å². The van der Waals surface area contributed by atoms with Gasteiger partial charge in [0.05, 0.1) is 17.9 Å². The summed E-state index contributed by atoms with van der Waals surface area (Å²) in [4.78, 5) is 33.8. The van der Waals surface area contributed by atoms with Gasteiger partial charge in [-0.25, -0.2) is 9.78 Å². The van der Waals surface area contributed by atoms with Gasteiger partial charge in [-0.3, -0.25) is 4.79 Å². The van der Waals surface area contributed by atoms with Crippen LogP contribution in [-0.4, -0.2) is 44.6 Å². The minimum absolute atomic E-state index is 0.137. The Labute approximate surface area is 158 Å². The molecule has 3 rings (SSSR count). The number of hydrogen-bond donors (Lipinski definition) is 3. The Hall–Kier alpha value is -2.83. The molecule has 1 unspecified atom stereocenters. The van der Waals surface area contributed by atoms with Crippen LogP contribution in [0.5, 0.6) is 0 Å². The number of aromatic nitrogens is 2. The van der Waals surface area contributed by atoms with Crippen LogP contribution in [0.25, 0.3) is 11.3 Å². The van der Waals surface area contributed by atoms with Crippen LogP contribution in [0.3, 0.4) is 0 Å². The molecule has 0 radical (unpaired) electrons. The van der Waals surface area contributed by atoms with Crippen LogP contribution in [0.2, 0.25) is 0 Å². The molecule has 1 fully saturated rings. The van der Waals surface area contributed by atoms with Gasteiger partial charge in [-0.05, 0) is 23.8 Å². The fourth-order valence-corrected chi connectivity index (χ4v) is 3.64. The van der Waals surface area contributed by atoms with E-state index in [1.165, 1.54) is 0 Å². The minimum Gasteiger partial charge on any atom is -0.465 e. The fraction of sp³-hybridized carbons (Fsp3) is 0.450. The van der Waals surface area contributed by atoms with Gasteiger partial charge in [0.15, 0.2) is 0 Å². The van der Waals surface area contributed by atoms with Crippen molar-refractivity contribution >= 4 is 12.0 Å². The lowest BCUT2D eigenvalue weighted by Gasteiger charge is -2.29. The van der Waals surface area contributed by atoms with E-state index in [-0.39, 0.29) is 17.9 Å². The summed E-state index contributed by atoms with van der Waals surface area (Å²) < 4.78 is 0. The Morgan fingerprint density at radius 1 is 1.30 bits per heavy atom. The van der Waals surface area contributed by atoms with Crippen molar-refractivity contribution in [2.75, 3.05) is 6.54 Å². The zero-order chi connectivity index (χ0) is 19.6. The van der Waals surface area contributed by atoms with Crippen molar-refractivity contribution in [3.63, 3.8) is 0 Å². The maximum atomic E-state index is 13.1. The lowest BCUT2D eigenvalue weighted by Crippen LogP contribution is -2.50. The zero-order valence-electron chi connectivity index (χ0n) is 15.8. The SMILES string of the molecule is CC(C)C(NC(=O)O)C(=O)N1C[C@@H](C)C[C@H]1c1ncc(-c2ccccc2)[nH]1. The maximum absolute atomic E-state index is 13.1. The predicted molar refractivity (Wildman–Crippen MR) is 102 cm³/mol. The van der Waals surface area contributed by atoms with Gasteiger partial charge in [-0.1, -0.05) is 51.1 Å². The van der Waals surface area contributed by atoms with E-state index in [0.29, 0.717) is 12.5 Å². The number of nitrogens with zero attached hydrogens (tertiary/aromatic N) is 2. The third-order valence-electron chi connectivity index (χ3n) is 5.00. The number of H-pyrrole nitrogens is 1. The van der Waals surface area contributed by atoms with Crippen LogP contribution in [0.4, 0.5) is 4.79 Å². The average molecular weight is 370 g/mol. The summed E-state index contributed by atoms with van der Waals surface area (Å²) >= 11 is 0. The van der Waals surface area contributed by atoms with Gasteiger partial charge >= 0.3 is 6.09 Å². The highest BCUT2D eigenvalue weighted by Gasteiger charge is 2.39. The molecule has 27 heavy (non-hydrogen) atoms. The molecule has 7 heteroatoms. The second kappa shape index (κ2) is 7.82. The number of rotatable bonds is 5. The Kier molecular flexibility index (Phi) is 5.48. The summed E-state index contributed by atoms with van der Waals surface area (Å²) in [5, 5.41) is 11.5. The standard InChI is InChI=1S/C20H26N4O3/c1-12(2)17(23-20(26)27)19(25)24-11-13(3)9-16(24)18-21-10-15(22-18)14-7-5-4-6-8-14/h4-8,10,12-13,16-17,23H,9,11H2,1-3H3,(H,21,22)(H,26,27)/t13-,16-,17?/m0/s1. The average Bonchev–Trinajstić information content (AvgIpc) is 3.26. The van der Waals surface area contributed by atoms with Gasteiger partial charge in [0.2, 0.25) is 5.91 Å². The Morgan fingerprint density at radius 3 is 2.63 bits per heavy atom. The van der Waals surface area contributed by atoms with E-state index in [4.69, 9.17) is 5.11 Å². The van der Waals surface area contributed by atoms with Gasteiger partial charge in [0.1, 0.15) is 11.9 Å². The maximum Gasteiger partial charge on any atom is 0.405 e. The van der Waals surface area contributed by atoms with Crippen LogP contribution in [0, 0.1) is 11.8 Å². The predicted octanol–water partition coefficient (Wildman–Crippen LogP) is 3.28. The molecule has 0 spiro atoms. The van der Waals surface area contributed by atoms with Crippen LogP contribution < -0.4 is 5.32 Å². The normalized spacial score (nSPS) is 20.7. The molecule has 1 aromatic heterocycles. The van der Waals surface area contributed by atoms with Crippen molar-refractivity contribution in [2.45, 2.75) is 39.3 Å². The third kappa shape index (κ3) is 4.13. The van der Waals surface area contributed by atoms with Crippen molar-refractivity contribution in [3.8, 4) is 11.3 Å². The highest BCUT2D eigenvalue weighted by atomic mass is 16.4. The number of likely N-dealkylation sites (tertiary alicyclic amines) is 1. The highest BCUT2D eigenvalue weighted by molar-refractivity contribution is 5.86. The molecule has 7 nitrogen and oxygen atoms in total. The lowest BCUT2D eigenvalue weighted by atomic mass is 10.0. The number of carbonyl (C=O) groups excluding carboxylic acids is 1. The van der Waals surface area contributed by atoms with Gasteiger partial charge < -0.3 is 20.3 Å². The smallest absolute Gasteiger partial charge is 0.405 e. The van der Waals surface area contributed by atoms with Gasteiger partial charge in [0, 0.05) is 6.54 Å². The summed E-state index contributed by atoms with van der Waals surface area (Å²) in [6.07, 6.45) is 1.40. The van der Waals surface area contributed by atoms with E-state index in [9.17, 15) is 9.59 Å². The molecule has 2 aromatic rings. The molecule has 2 heterocycles. The molecule has 2 amide bonds. The first-order chi connectivity index (χ1) is 12.9. The first kappa shape index (κ1) is 18.9. The highest BCUT2D eigenvalue weighted by Crippen LogP contribution is 2.35. The molecule has 144 valence electrons. The van der Waals surface area contributed by atoms with Crippen molar-refractivity contribution in [2.24, 2.45) is 11.8 Å². The molecule has 1 aromatic carbocycles. The lowest BCUT2D eigenvalue weighted by molar-refractivity contribution is -0.135. The monoisotopic (exact) mass is 370 g/mol. The van der Waals surface area contributed by atoms with E-state index >= 15 is 0 Å². The molecule has 1 aliphatic rings. The summed E-state index contributed by atoms with van der Waals surface area (Å²) in [7, 11) is 0. The molecule has 1 aliphatic heterocycles. The molecule has 3 N–H and O–H groups in total. The number of nitrogens with one attached hydrogen (secondary N) is 2. The summed E-state index contributed by atoms with van der Waals surface area (Å²) in [5.74, 6) is 0.729. The zero-order valence-corrected chi connectivity index (χ0v) is 15.8. The first-order valence-corrected chi connectivity index (χ1v) is 9.27. The molecule has 3 atom stereocenters. The van der Waals surface area contributed by atoms with Crippen LogP contribution in [-0.2, 0) is 4.79 Å². The number of amides is 2. The molecule has 0 bridgehead atoms. The van der Waals surface area contributed by atoms with Crippen LogP contribution >= 0.6 is 0 Å². The van der Waals surface area contributed by atoms with Crippen LogP contribution in [0.15, 0.2) is 36.5 Å². The summed E-state index contributed by atoms with van der Waals surface area (Å²) in [5.41, 5.74) is 1.94. The number of aromatic amines is 1. The van der Waals surface area contributed by atoms with E-state index < -0.39 is 12.1 Å². The summed E-state index contributed by atoms with van der Waals surface area (Å²) in [6, 6.07) is 8.95. The quantitative estimate of drug-likeness (QED) is 0.752. The topological polar surface area (TPSA) is 98.3 Å². The molecule has 0 saturated carbocycles. The number of benzene rings is 1. The van der Waals surface area contributed by atoms with E-state index in [1.807, 2.05) is 44.2 Å². The van der Waals surface area contributed by atoms with Gasteiger partial charge in [-0.15, -0.1) is 0 Å². The molecule has 0 aliphatic carbocycles. The van der Waals surface area contributed by atoms with Crippen molar-refractivity contribution in [1.82, 2.24) is 20.2 Å². The largest absolute Gasteiger partial charge is 0.465 e. The second-order valence-electron chi connectivity index (χ2n) is 7.57. The van der Waals surface area contributed by atoms with Crippen molar-refractivity contribution in [1.29, 1.82) is 0 Å². The van der Waals surface area contributed by atoms with E-state index in [2.05, 4.69) is 22.2 Å². The summed E-state index contributed by atoms with van der Waals surface area (Å²) in [6.45, 7) is 6.37. The molecular formula is C20H26N4O3. The van der Waals surface area contributed by atoms with Crippen LogP contribution in [0.1, 0.15) is 39.1 Å². The van der Waals surface area contributed by atoms with E-state index in [1.54, 1.807) is 11.1 Å². The van der Waals surface area contributed by atoms with Crippen molar-refractivity contribution < 1.29 is 14.7 Å².